The maximum absolute atomic E-state index is 12.7. The largest absolute Gasteiger partial charge is 0.345 e. The number of hydrogen-bond acceptors (Lipinski definition) is 5. The topological polar surface area (TPSA) is 90.5 Å². The highest BCUT2D eigenvalue weighted by molar-refractivity contribution is 9.10. The Kier molecular flexibility index (Phi) is 5.41. The van der Waals surface area contributed by atoms with Crippen molar-refractivity contribution in [3.63, 3.8) is 0 Å². The highest BCUT2D eigenvalue weighted by Crippen LogP contribution is 2.21. The molecule has 3 aromatic heterocycles. The number of pyridine rings is 1. The Bertz CT molecular complexity index is 1190. The van der Waals surface area contributed by atoms with E-state index >= 15 is 0 Å². The summed E-state index contributed by atoms with van der Waals surface area (Å²) in [6.07, 6.45) is 3.37. The summed E-state index contributed by atoms with van der Waals surface area (Å²) < 4.78 is 3.58. The van der Waals surface area contributed by atoms with E-state index in [2.05, 4.69) is 41.6 Å². The number of para-hydroxylation sites is 1. The van der Waals surface area contributed by atoms with Crippen LogP contribution in [0.4, 0.5) is 0 Å². The molecule has 1 amide bonds. The van der Waals surface area contributed by atoms with Crippen LogP contribution in [0.1, 0.15) is 21.7 Å². The maximum Gasteiger partial charge on any atom is 0.270 e. The Balaban J connectivity index is 1.52. The zero-order chi connectivity index (χ0) is 20.4. The molecule has 0 unspecified atom stereocenters. The number of nitrogens with zero attached hydrogens (tertiary/aromatic N) is 6. The quantitative estimate of drug-likeness (QED) is 0.480. The van der Waals surface area contributed by atoms with Gasteiger partial charge >= 0.3 is 0 Å². The van der Waals surface area contributed by atoms with Crippen LogP contribution in [0.3, 0.4) is 0 Å². The number of benzene rings is 1. The number of halogens is 2. The third-order valence-electron chi connectivity index (χ3n) is 4.19. The van der Waals surface area contributed by atoms with Gasteiger partial charge < -0.3 is 5.32 Å². The lowest BCUT2D eigenvalue weighted by atomic mass is 10.2. The minimum Gasteiger partial charge on any atom is -0.345 e. The molecule has 4 rings (SSSR count). The Labute approximate surface area is 179 Å². The average molecular weight is 473 g/mol. The van der Waals surface area contributed by atoms with Crippen molar-refractivity contribution < 1.29 is 4.79 Å². The van der Waals surface area contributed by atoms with E-state index < -0.39 is 0 Å². The predicted molar refractivity (Wildman–Crippen MR) is 111 cm³/mol. The van der Waals surface area contributed by atoms with Crippen molar-refractivity contribution >= 4 is 33.4 Å². The molecule has 4 aromatic rings. The van der Waals surface area contributed by atoms with Crippen molar-refractivity contribution in [2.24, 2.45) is 0 Å². The van der Waals surface area contributed by atoms with E-state index in [9.17, 15) is 4.79 Å². The first kappa shape index (κ1) is 19.3. The smallest absolute Gasteiger partial charge is 0.270 e. The van der Waals surface area contributed by atoms with Crippen LogP contribution in [0.5, 0.6) is 0 Å². The van der Waals surface area contributed by atoms with Crippen molar-refractivity contribution in [2.45, 2.75) is 13.5 Å². The zero-order valence-electron chi connectivity index (χ0n) is 15.3. The Morgan fingerprint density at radius 3 is 2.86 bits per heavy atom. The van der Waals surface area contributed by atoms with Gasteiger partial charge in [0, 0.05) is 12.3 Å². The molecule has 0 aliphatic rings. The first-order chi connectivity index (χ1) is 14.0. The summed E-state index contributed by atoms with van der Waals surface area (Å²) in [6.45, 7) is 2.21. The summed E-state index contributed by atoms with van der Waals surface area (Å²) in [6, 6.07) is 12.9. The van der Waals surface area contributed by atoms with Crippen LogP contribution in [0.25, 0.3) is 11.5 Å². The first-order valence-electron chi connectivity index (χ1n) is 8.65. The van der Waals surface area contributed by atoms with Crippen molar-refractivity contribution in [2.75, 3.05) is 0 Å². The van der Waals surface area contributed by atoms with Crippen LogP contribution < -0.4 is 5.32 Å². The van der Waals surface area contributed by atoms with Crippen LogP contribution in [-0.4, -0.2) is 35.7 Å². The van der Waals surface area contributed by atoms with Crippen molar-refractivity contribution in [1.29, 1.82) is 0 Å². The van der Waals surface area contributed by atoms with Gasteiger partial charge in [-0.25, -0.2) is 14.3 Å². The third kappa shape index (κ3) is 4.06. The van der Waals surface area contributed by atoms with Gasteiger partial charge in [-0.1, -0.05) is 35.0 Å². The lowest BCUT2D eigenvalue weighted by molar-refractivity contribution is 0.0942. The number of hydrogen-bond donors (Lipinski definition) is 1. The lowest BCUT2D eigenvalue weighted by Gasteiger charge is -2.08. The molecule has 0 aliphatic heterocycles. The first-order valence-corrected chi connectivity index (χ1v) is 9.82. The van der Waals surface area contributed by atoms with E-state index in [1.807, 2.05) is 31.2 Å². The summed E-state index contributed by atoms with van der Waals surface area (Å²) in [5.74, 6) is 0.0332. The molecule has 1 aromatic carbocycles. The van der Waals surface area contributed by atoms with Crippen LogP contribution >= 0.6 is 27.5 Å². The van der Waals surface area contributed by atoms with Gasteiger partial charge in [0.15, 0.2) is 5.82 Å². The third-order valence-corrected chi connectivity index (χ3v) is 4.87. The number of rotatable bonds is 5. The van der Waals surface area contributed by atoms with Gasteiger partial charge in [0.25, 0.3) is 5.91 Å². The number of carbonyl (C=O) groups excluding carboxylic acids is 1. The molecule has 10 heteroatoms. The molecule has 0 saturated heterocycles. The van der Waals surface area contributed by atoms with E-state index in [-0.39, 0.29) is 12.5 Å². The lowest BCUT2D eigenvalue weighted by Crippen LogP contribution is -2.26. The van der Waals surface area contributed by atoms with Gasteiger partial charge in [0.1, 0.15) is 16.0 Å². The SMILES string of the molecule is Cc1ccccc1-n1cc(CNC(=O)c2cc(Br)nn2-c2ncccc2Cl)nn1. The second kappa shape index (κ2) is 8.14. The molecule has 3 heterocycles. The number of carbonyl (C=O) groups is 1. The Morgan fingerprint density at radius 1 is 1.24 bits per heavy atom. The molecule has 0 bridgehead atoms. The summed E-state index contributed by atoms with van der Waals surface area (Å²) in [5.41, 5.74) is 2.93. The summed E-state index contributed by atoms with van der Waals surface area (Å²) >= 11 is 9.50. The molecule has 29 heavy (non-hydrogen) atoms. The van der Waals surface area contributed by atoms with Crippen LogP contribution in [-0.2, 0) is 6.54 Å². The fourth-order valence-electron chi connectivity index (χ4n) is 2.79. The van der Waals surface area contributed by atoms with Crippen molar-refractivity contribution in [3.05, 3.63) is 81.4 Å². The standard InChI is InChI=1S/C19H15BrClN7O/c1-12-5-2-3-7-15(12)27-11-13(24-26-27)10-23-19(29)16-9-17(20)25-28(16)18-14(21)6-4-8-22-18/h2-9,11H,10H2,1H3,(H,23,29). The highest BCUT2D eigenvalue weighted by Gasteiger charge is 2.18. The molecule has 0 radical (unpaired) electrons. The summed E-state index contributed by atoms with van der Waals surface area (Å²) in [7, 11) is 0. The van der Waals surface area contributed by atoms with Gasteiger partial charge in [0.05, 0.1) is 23.5 Å². The van der Waals surface area contributed by atoms with Crippen LogP contribution in [0.15, 0.2) is 59.5 Å². The molecule has 1 N–H and O–H groups in total. The molecular weight excluding hydrogens is 458 g/mol. The molecular formula is C19H15BrClN7O. The van der Waals surface area contributed by atoms with E-state index in [1.165, 1.54) is 4.68 Å². The van der Waals surface area contributed by atoms with E-state index in [0.717, 1.165) is 11.3 Å². The molecule has 8 nitrogen and oxygen atoms in total. The predicted octanol–water partition coefficient (Wildman–Crippen LogP) is 3.50. The van der Waals surface area contributed by atoms with E-state index in [1.54, 1.807) is 35.3 Å². The maximum atomic E-state index is 12.7. The number of amides is 1. The van der Waals surface area contributed by atoms with Gasteiger partial charge in [-0.15, -0.1) is 5.10 Å². The average Bonchev–Trinajstić information content (AvgIpc) is 3.33. The second-order valence-electron chi connectivity index (χ2n) is 6.20. The monoisotopic (exact) mass is 471 g/mol. The molecule has 0 saturated carbocycles. The molecule has 0 atom stereocenters. The van der Waals surface area contributed by atoms with Crippen LogP contribution in [0.2, 0.25) is 5.02 Å². The number of aromatic nitrogens is 6. The fraction of sp³-hybridized carbons (Fsp3) is 0.105. The minimum absolute atomic E-state index is 0.212. The normalized spacial score (nSPS) is 10.9. The molecule has 0 fully saturated rings. The number of aryl methyl sites for hydroxylation is 1. The second-order valence-corrected chi connectivity index (χ2v) is 7.42. The molecule has 146 valence electrons. The van der Waals surface area contributed by atoms with Gasteiger partial charge in [0.2, 0.25) is 0 Å². The fourth-order valence-corrected chi connectivity index (χ4v) is 3.36. The summed E-state index contributed by atoms with van der Waals surface area (Å²) in [4.78, 5) is 17.0. The van der Waals surface area contributed by atoms with Crippen molar-refractivity contribution in [1.82, 2.24) is 35.1 Å². The summed E-state index contributed by atoms with van der Waals surface area (Å²) in [5, 5.41) is 15.8. The van der Waals surface area contributed by atoms with Gasteiger partial charge in [-0.3, -0.25) is 4.79 Å². The zero-order valence-corrected chi connectivity index (χ0v) is 17.6. The highest BCUT2D eigenvalue weighted by atomic mass is 79.9. The van der Waals surface area contributed by atoms with Crippen molar-refractivity contribution in [3.8, 4) is 11.5 Å². The Morgan fingerprint density at radius 2 is 2.07 bits per heavy atom. The Hall–Kier alpha value is -3.04. The van der Waals surface area contributed by atoms with E-state index in [4.69, 9.17) is 11.6 Å². The van der Waals surface area contributed by atoms with Gasteiger partial charge in [-0.05, 0) is 46.6 Å². The van der Waals surface area contributed by atoms with Crippen LogP contribution in [0, 0.1) is 6.92 Å². The van der Waals surface area contributed by atoms with E-state index in [0.29, 0.717) is 26.8 Å². The minimum atomic E-state index is -0.338. The number of nitrogens with one attached hydrogen (secondary N) is 1. The molecule has 0 aliphatic carbocycles. The van der Waals surface area contributed by atoms with Gasteiger partial charge in [-0.2, -0.15) is 5.10 Å². The molecule has 0 spiro atoms.